The molecule has 1 aliphatic carbocycles. The van der Waals surface area contributed by atoms with Crippen molar-refractivity contribution >= 4 is 11.3 Å². The van der Waals surface area contributed by atoms with Crippen molar-refractivity contribution in [2.45, 2.75) is 45.1 Å². The van der Waals surface area contributed by atoms with Gasteiger partial charge in [-0.15, -0.1) is 11.3 Å². The fraction of sp³-hybridized carbons (Fsp3) is 0.667. The highest BCUT2D eigenvalue weighted by Crippen LogP contribution is 2.36. The van der Waals surface area contributed by atoms with Crippen molar-refractivity contribution in [2.24, 2.45) is 0 Å². The van der Waals surface area contributed by atoms with Gasteiger partial charge < -0.3 is 5.32 Å². The minimum absolute atomic E-state index is 0.731. The molecule has 0 spiro atoms. The molecule has 1 aliphatic rings. The average Bonchev–Trinajstić information content (AvgIpc) is 2.74. The molecule has 1 aromatic rings. The molecule has 0 saturated heterocycles. The Morgan fingerprint density at radius 2 is 2.36 bits per heavy atom. The summed E-state index contributed by atoms with van der Waals surface area (Å²) in [6, 6.07) is 3.10. The second-order valence-electron chi connectivity index (χ2n) is 4.19. The Labute approximate surface area is 90.5 Å². The normalized spacial score (nSPS) is 27.0. The molecular formula is C12H19NS. The summed E-state index contributed by atoms with van der Waals surface area (Å²) in [6.07, 6.45) is 4.11. The summed E-state index contributed by atoms with van der Waals surface area (Å²) in [6.45, 7) is 5.50. The van der Waals surface area contributed by atoms with Gasteiger partial charge in [0.05, 0.1) is 0 Å². The van der Waals surface area contributed by atoms with E-state index in [9.17, 15) is 0 Å². The maximum atomic E-state index is 3.61. The highest BCUT2D eigenvalue weighted by atomic mass is 32.1. The molecule has 0 bridgehead atoms. The van der Waals surface area contributed by atoms with Crippen LogP contribution in [0.25, 0.3) is 0 Å². The van der Waals surface area contributed by atoms with Crippen molar-refractivity contribution < 1.29 is 0 Å². The predicted molar refractivity (Wildman–Crippen MR) is 63.1 cm³/mol. The SMILES string of the molecule is CCNC1CCCC1c1csc(C)c1. The van der Waals surface area contributed by atoms with Gasteiger partial charge in [0, 0.05) is 16.8 Å². The fourth-order valence-electron chi connectivity index (χ4n) is 2.52. The van der Waals surface area contributed by atoms with Crippen LogP contribution in [0, 0.1) is 6.92 Å². The van der Waals surface area contributed by atoms with Crippen LogP contribution < -0.4 is 5.32 Å². The molecule has 0 aliphatic heterocycles. The molecule has 1 nitrogen and oxygen atoms in total. The van der Waals surface area contributed by atoms with Gasteiger partial charge in [-0.25, -0.2) is 0 Å². The van der Waals surface area contributed by atoms with Gasteiger partial charge in [0.25, 0.3) is 0 Å². The number of nitrogens with one attached hydrogen (secondary N) is 1. The van der Waals surface area contributed by atoms with Crippen LogP contribution in [0.1, 0.15) is 42.5 Å². The molecule has 2 atom stereocenters. The van der Waals surface area contributed by atoms with Crippen LogP contribution in [-0.4, -0.2) is 12.6 Å². The Kier molecular flexibility index (Phi) is 3.24. The molecule has 0 amide bonds. The van der Waals surface area contributed by atoms with E-state index >= 15 is 0 Å². The summed E-state index contributed by atoms with van der Waals surface area (Å²) in [5, 5.41) is 5.95. The van der Waals surface area contributed by atoms with Crippen LogP contribution in [0.3, 0.4) is 0 Å². The summed E-state index contributed by atoms with van der Waals surface area (Å²) < 4.78 is 0. The molecule has 0 radical (unpaired) electrons. The monoisotopic (exact) mass is 209 g/mol. The van der Waals surface area contributed by atoms with Crippen LogP contribution in [0.4, 0.5) is 0 Å². The van der Waals surface area contributed by atoms with Gasteiger partial charge in [-0.3, -0.25) is 0 Å². The van der Waals surface area contributed by atoms with Crippen LogP contribution in [0.15, 0.2) is 11.4 Å². The molecule has 78 valence electrons. The Hall–Kier alpha value is -0.340. The van der Waals surface area contributed by atoms with Crippen molar-refractivity contribution in [1.82, 2.24) is 5.32 Å². The molecular weight excluding hydrogens is 190 g/mol. The first-order valence-corrected chi connectivity index (χ1v) is 6.47. The smallest absolute Gasteiger partial charge is 0.0136 e. The molecule has 2 rings (SSSR count). The first-order valence-electron chi connectivity index (χ1n) is 5.59. The van der Waals surface area contributed by atoms with Gasteiger partial charge in [0.15, 0.2) is 0 Å². The molecule has 1 aromatic heterocycles. The average molecular weight is 209 g/mol. The fourth-order valence-corrected chi connectivity index (χ4v) is 3.29. The van der Waals surface area contributed by atoms with Gasteiger partial charge in [-0.2, -0.15) is 0 Å². The quantitative estimate of drug-likeness (QED) is 0.805. The zero-order valence-electron chi connectivity index (χ0n) is 9.05. The highest BCUT2D eigenvalue weighted by molar-refractivity contribution is 7.10. The van der Waals surface area contributed by atoms with E-state index in [0.29, 0.717) is 0 Å². The predicted octanol–water partition coefficient (Wildman–Crippen LogP) is 3.30. The van der Waals surface area contributed by atoms with E-state index in [1.165, 1.54) is 24.1 Å². The molecule has 1 fully saturated rings. The minimum Gasteiger partial charge on any atom is -0.314 e. The minimum atomic E-state index is 0.731. The lowest BCUT2D eigenvalue weighted by Crippen LogP contribution is -2.30. The van der Waals surface area contributed by atoms with E-state index in [4.69, 9.17) is 0 Å². The summed E-state index contributed by atoms with van der Waals surface area (Å²) in [4.78, 5) is 1.45. The first kappa shape index (κ1) is 10.2. The lowest BCUT2D eigenvalue weighted by atomic mass is 9.96. The lowest BCUT2D eigenvalue weighted by Gasteiger charge is -2.19. The van der Waals surface area contributed by atoms with E-state index < -0.39 is 0 Å². The van der Waals surface area contributed by atoms with Crippen LogP contribution in [0.2, 0.25) is 0 Å². The van der Waals surface area contributed by atoms with E-state index in [1.807, 2.05) is 11.3 Å². The number of hydrogen-bond acceptors (Lipinski definition) is 2. The van der Waals surface area contributed by atoms with Gasteiger partial charge in [-0.05, 0) is 43.3 Å². The van der Waals surface area contributed by atoms with Gasteiger partial charge in [-0.1, -0.05) is 13.3 Å². The van der Waals surface area contributed by atoms with Crippen LogP contribution in [0.5, 0.6) is 0 Å². The molecule has 2 unspecified atom stereocenters. The van der Waals surface area contributed by atoms with E-state index in [2.05, 4.69) is 30.6 Å². The van der Waals surface area contributed by atoms with Crippen molar-refractivity contribution in [3.05, 3.63) is 21.9 Å². The molecule has 1 saturated carbocycles. The highest BCUT2D eigenvalue weighted by Gasteiger charge is 2.27. The maximum absolute atomic E-state index is 3.61. The van der Waals surface area contributed by atoms with Gasteiger partial charge in [0.1, 0.15) is 0 Å². The van der Waals surface area contributed by atoms with Crippen molar-refractivity contribution in [3.63, 3.8) is 0 Å². The largest absolute Gasteiger partial charge is 0.314 e. The van der Waals surface area contributed by atoms with Crippen LogP contribution in [-0.2, 0) is 0 Å². The first-order chi connectivity index (χ1) is 6.81. The third-order valence-electron chi connectivity index (χ3n) is 3.16. The Balaban J connectivity index is 2.09. The number of rotatable bonds is 3. The maximum Gasteiger partial charge on any atom is 0.0136 e. The summed E-state index contributed by atoms with van der Waals surface area (Å²) in [7, 11) is 0. The summed E-state index contributed by atoms with van der Waals surface area (Å²) >= 11 is 1.88. The molecule has 1 heterocycles. The Morgan fingerprint density at radius 1 is 1.50 bits per heavy atom. The number of thiophene rings is 1. The van der Waals surface area contributed by atoms with Gasteiger partial charge >= 0.3 is 0 Å². The molecule has 1 N–H and O–H groups in total. The van der Waals surface area contributed by atoms with E-state index in [1.54, 1.807) is 5.56 Å². The third kappa shape index (κ3) is 2.01. The van der Waals surface area contributed by atoms with Gasteiger partial charge in [0.2, 0.25) is 0 Å². The van der Waals surface area contributed by atoms with Crippen molar-refractivity contribution in [1.29, 1.82) is 0 Å². The second-order valence-corrected chi connectivity index (χ2v) is 5.31. The topological polar surface area (TPSA) is 12.0 Å². The Morgan fingerprint density at radius 3 is 3.00 bits per heavy atom. The number of aryl methyl sites for hydroxylation is 1. The Bertz CT molecular complexity index is 292. The molecule has 14 heavy (non-hydrogen) atoms. The zero-order valence-corrected chi connectivity index (χ0v) is 9.86. The second kappa shape index (κ2) is 4.45. The summed E-state index contributed by atoms with van der Waals surface area (Å²) in [5.74, 6) is 0.778. The standard InChI is InChI=1S/C12H19NS/c1-3-13-12-6-4-5-11(12)10-7-9(2)14-8-10/h7-8,11-13H,3-6H2,1-2H3. The third-order valence-corrected chi connectivity index (χ3v) is 4.04. The number of likely N-dealkylation sites (N-methyl/N-ethyl adjacent to an activating group) is 1. The van der Waals surface area contributed by atoms with Crippen molar-refractivity contribution in [3.8, 4) is 0 Å². The zero-order chi connectivity index (χ0) is 9.97. The number of hydrogen-bond donors (Lipinski definition) is 1. The van der Waals surface area contributed by atoms with Crippen LogP contribution >= 0.6 is 11.3 Å². The van der Waals surface area contributed by atoms with E-state index in [0.717, 1.165) is 18.5 Å². The molecule has 0 aromatic carbocycles. The van der Waals surface area contributed by atoms with Crippen molar-refractivity contribution in [2.75, 3.05) is 6.54 Å². The molecule has 2 heteroatoms. The van der Waals surface area contributed by atoms with E-state index in [-0.39, 0.29) is 0 Å². The summed E-state index contributed by atoms with van der Waals surface area (Å²) in [5.41, 5.74) is 1.57. The lowest BCUT2D eigenvalue weighted by molar-refractivity contribution is 0.493.